The molecule has 3 heteroatoms. The van der Waals surface area contributed by atoms with E-state index in [9.17, 15) is 0 Å². The van der Waals surface area contributed by atoms with Gasteiger partial charge in [-0.15, -0.1) is 0 Å². The van der Waals surface area contributed by atoms with Crippen molar-refractivity contribution in [1.29, 1.82) is 10.5 Å². The van der Waals surface area contributed by atoms with Crippen LogP contribution in [0, 0.1) is 28.7 Å². The maximum Gasteiger partial charge on any atom is 0.0999 e. The lowest BCUT2D eigenvalue weighted by Gasteiger charge is -2.05. The Morgan fingerprint density at radius 1 is 1.25 bits per heavy atom. The summed E-state index contributed by atoms with van der Waals surface area (Å²) < 4.78 is 1.89. The zero-order chi connectivity index (χ0) is 11.5. The Morgan fingerprint density at radius 3 is 2.62 bits per heavy atom. The second-order valence-corrected chi connectivity index (χ2v) is 3.42. The second kappa shape index (κ2) is 3.92. The predicted molar refractivity (Wildman–Crippen MR) is 59.1 cm³/mol. The molecule has 0 saturated carbocycles. The van der Waals surface area contributed by atoms with Crippen LogP contribution >= 0.6 is 0 Å². The number of nitriles is 2. The smallest absolute Gasteiger partial charge is 0.0999 e. The standard InChI is InChI=1S/C13H8N3/c1-16-6-2-3-13(16)12-5-4-10(8-14)7-11(12)9-15/h3-7H,1H3. The van der Waals surface area contributed by atoms with Crippen molar-refractivity contribution in [3.05, 3.63) is 47.7 Å². The summed E-state index contributed by atoms with van der Waals surface area (Å²) in [4.78, 5) is 0. The molecule has 0 aliphatic carbocycles. The van der Waals surface area contributed by atoms with Gasteiger partial charge in [-0.05, 0) is 18.2 Å². The Bertz CT molecular complexity index is 609. The minimum Gasteiger partial charge on any atom is -0.350 e. The average Bonchev–Trinajstić information content (AvgIpc) is 2.74. The number of nitrogens with zero attached hydrogens (tertiary/aromatic N) is 3. The topological polar surface area (TPSA) is 52.5 Å². The van der Waals surface area contributed by atoms with Crippen molar-refractivity contribution < 1.29 is 0 Å². The molecule has 0 amide bonds. The Balaban J connectivity index is 2.64. The predicted octanol–water partition coefficient (Wildman–Crippen LogP) is 2.24. The van der Waals surface area contributed by atoms with E-state index >= 15 is 0 Å². The molecular weight excluding hydrogens is 198 g/mol. The molecule has 1 aromatic heterocycles. The molecule has 2 rings (SSSR count). The third-order valence-electron chi connectivity index (χ3n) is 2.41. The molecule has 0 bridgehead atoms. The van der Waals surface area contributed by atoms with Gasteiger partial charge in [-0.1, -0.05) is 6.07 Å². The Labute approximate surface area is 93.8 Å². The zero-order valence-electron chi connectivity index (χ0n) is 8.73. The maximum absolute atomic E-state index is 9.05. The van der Waals surface area contributed by atoms with Crippen molar-refractivity contribution in [1.82, 2.24) is 4.57 Å². The van der Waals surface area contributed by atoms with Gasteiger partial charge >= 0.3 is 0 Å². The summed E-state index contributed by atoms with van der Waals surface area (Å²) in [6, 6.07) is 14.0. The molecule has 0 N–H and O–H groups in total. The Kier molecular flexibility index (Phi) is 2.45. The van der Waals surface area contributed by atoms with E-state index in [4.69, 9.17) is 10.5 Å². The summed E-state index contributed by atoms with van der Waals surface area (Å²) >= 11 is 0. The quantitative estimate of drug-likeness (QED) is 0.718. The molecule has 3 nitrogen and oxygen atoms in total. The summed E-state index contributed by atoms with van der Waals surface area (Å²) in [5.41, 5.74) is 2.75. The number of rotatable bonds is 1. The van der Waals surface area contributed by atoms with Crippen LogP contribution < -0.4 is 0 Å². The molecule has 0 unspecified atom stereocenters. The zero-order valence-corrected chi connectivity index (χ0v) is 8.73. The van der Waals surface area contributed by atoms with Gasteiger partial charge in [0, 0.05) is 30.6 Å². The van der Waals surface area contributed by atoms with E-state index in [-0.39, 0.29) is 0 Å². The fourth-order valence-electron chi connectivity index (χ4n) is 1.60. The van der Waals surface area contributed by atoms with Crippen molar-refractivity contribution in [3.8, 4) is 23.4 Å². The van der Waals surface area contributed by atoms with Crippen LogP contribution in [0.4, 0.5) is 0 Å². The van der Waals surface area contributed by atoms with Gasteiger partial charge in [0.1, 0.15) is 0 Å². The van der Waals surface area contributed by atoms with E-state index in [2.05, 4.69) is 12.1 Å². The van der Waals surface area contributed by atoms with Crippen molar-refractivity contribution in [2.24, 2.45) is 7.05 Å². The number of aromatic nitrogens is 1. The third kappa shape index (κ3) is 1.55. The fraction of sp³-hybridized carbons (Fsp3) is 0.0769. The van der Waals surface area contributed by atoms with Crippen LogP contribution in [0.15, 0.2) is 30.5 Å². The molecule has 1 heterocycles. The SMILES string of the molecule is Cn1c[c]cc1-c1ccc(C#N)cc1C#N. The highest BCUT2D eigenvalue weighted by molar-refractivity contribution is 5.69. The molecule has 0 aliphatic heterocycles. The lowest BCUT2D eigenvalue weighted by molar-refractivity contribution is 0.936. The van der Waals surface area contributed by atoms with Crippen molar-refractivity contribution in [2.75, 3.05) is 0 Å². The fourth-order valence-corrected chi connectivity index (χ4v) is 1.60. The molecule has 0 spiro atoms. The van der Waals surface area contributed by atoms with Gasteiger partial charge in [-0.3, -0.25) is 0 Å². The number of hydrogen-bond donors (Lipinski definition) is 0. The van der Waals surface area contributed by atoms with Gasteiger partial charge in [0.25, 0.3) is 0 Å². The van der Waals surface area contributed by atoms with Crippen LogP contribution in [0.5, 0.6) is 0 Å². The number of benzene rings is 1. The van der Waals surface area contributed by atoms with E-state index in [0.29, 0.717) is 11.1 Å². The Morgan fingerprint density at radius 2 is 2.06 bits per heavy atom. The van der Waals surface area contributed by atoms with Crippen LogP contribution in [-0.2, 0) is 7.05 Å². The lowest BCUT2D eigenvalue weighted by atomic mass is 10.0. The number of hydrogen-bond acceptors (Lipinski definition) is 2. The van der Waals surface area contributed by atoms with Gasteiger partial charge in [0.2, 0.25) is 0 Å². The normalized spacial score (nSPS) is 9.44. The molecule has 75 valence electrons. The second-order valence-electron chi connectivity index (χ2n) is 3.42. The van der Waals surface area contributed by atoms with Crippen molar-refractivity contribution >= 4 is 0 Å². The highest BCUT2D eigenvalue weighted by Crippen LogP contribution is 2.23. The minimum atomic E-state index is 0.499. The van der Waals surface area contributed by atoms with Gasteiger partial charge in [0.05, 0.1) is 23.3 Å². The van der Waals surface area contributed by atoms with Crippen LogP contribution in [-0.4, -0.2) is 4.57 Å². The first-order valence-corrected chi connectivity index (χ1v) is 4.73. The van der Waals surface area contributed by atoms with Gasteiger partial charge < -0.3 is 4.57 Å². The minimum absolute atomic E-state index is 0.499. The first-order valence-electron chi connectivity index (χ1n) is 4.73. The summed E-state index contributed by atoms with van der Waals surface area (Å²) in [5, 5.41) is 17.8. The highest BCUT2D eigenvalue weighted by Gasteiger charge is 2.08. The van der Waals surface area contributed by atoms with Crippen molar-refractivity contribution in [3.63, 3.8) is 0 Å². The van der Waals surface area contributed by atoms with Crippen LogP contribution in [0.25, 0.3) is 11.3 Å². The molecule has 0 aliphatic rings. The van der Waals surface area contributed by atoms with Crippen molar-refractivity contribution in [2.45, 2.75) is 0 Å². The van der Waals surface area contributed by atoms with Gasteiger partial charge in [-0.25, -0.2) is 0 Å². The van der Waals surface area contributed by atoms with Crippen LogP contribution in [0.2, 0.25) is 0 Å². The molecule has 1 radical (unpaired) electrons. The monoisotopic (exact) mass is 206 g/mol. The van der Waals surface area contributed by atoms with Gasteiger partial charge in [0.15, 0.2) is 0 Å². The van der Waals surface area contributed by atoms with E-state index in [1.54, 1.807) is 24.4 Å². The first kappa shape index (κ1) is 10.0. The maximum atomic E-state index is 9.05. The van der Waals surface area contributed by atoms with E-state index in [1.807, 2.05) is 23.8 Å². The summed E-state index contributed by atoms with van der Waals surface area (Å²) in [6.45, 7) is 0. The third-order valence-corrected chi connectivity index (χ3v) is 2.41. The van der Waals surface area contributed by atoms with E-state index in [1.165, 1.54) is 0 Å². The molecular formula is C13H8N3. The van der Waals surface area contributed by atoms with E-state index < -0.39 is 0 Å². The van der Waals surface area contributed by atoms with Gasteiger partial charge in [-0.2, -0.15) is 10.5 Å². The molecule has 1 aromatic carbocycles. The highest BCUT2D eigenvalue weighted by atomic mass is 14.9. The molecule has 0 atom stereocenters. The summed E-state index contributed by atoms with van der Waals surface area (Å²) in [6.07, 6.45) is 1.80. The average molecular weight is 206 g/mol. The molecule has 16 heavy (non-hydrogen) atoms. The number of aryl methyl sites for hydroxylation is 1. The van der Waals surface area contributed by atoms with Crippen LogP contribution in [0.1, 0.15) is 11.1 Å². The largest absolute Gasteiger partial charge is 0.350 e. The van der Waals surface area contributed by atoms with E-state index in [0.717, 1.165) is 11.3 Å². The molecule has 2 aromatic rings. The summed E-state index contributed by atoms with van der Waals surface area (Å²) in [7, 11) is 1.89. The Hall–Kier alpha value is -2.52. The lowest BCUT2D eigenvalue weighted by Crippen LogP contribution is -1.92. The first-order chi connectivity index (χ1) is 7.76. The molecule has 0 fully saturated rings. The molecule has 0 saturated heterocycles. The summed E-state index contributed by atoms with van der Waals surface area (Å²) in [5.74, 6) is 0. The van der Waals surface area contributed by atoms with Crippen LogP contribution in [0.3, 0.4) is 0 Å².